The number of hydrogen-bond donors (Lipinski definition) is 1. The van der Waals surface area contributed by atoms with Crippen molar-refractivity contribution >= 4 is 0 Å². The SMILES string of the molecule is CO[C@H]1O[C@H](C)[C@H]2O[C@@]2(C)[C@@H]1O. The summed E-state index contributed by atoms with van der Waals surface area (Å²) in [7, 11) is 1.52. The van der Waals surface area contributed by atoms with Gasteiger partial charge in [-0.25, -0.2) is 0 Å². The lowest BCUT2D eigenvalue weighted by molar-refractivity contribution is -0.224. The summed E-state index contributed by atoms with van der Waals surface area (Å²) in [5.74, 6) is 0. The van der Waals surface area contributed by atoms with Gasteiger partial charge in [-0.05, 0) is 13.8 Å². The second-order valence-corrected chi connectivity index (χ2v) is 3.61. The molecule has 5 atom stereocenters. The van der Waals surface area contributed by atoms with E-state index < -0.39 is 18.0 Å². The molecule has 0 unspecified atom stereocenters. The van der Waals surface area contributed by atoms with Gasteiger partial charge < -0.3 is 19.3 Å². The molecule has 0 aromatic heterocycles. The Bertz CT molecular complexity index is 195. The topological polar surface area (TPSA) is 51.2 Å². The van der Waals surface area contributed by atoms with Crippen LogP contribution in [0.4, 0.5) is 0 Å². The number of methoxy groups -OCH3 is 1. The molecule has 1 N–H and O–H groups in total. The van der Waals surface area contributed by atoms with Gasteiger partial charge >= 0.3 is 0 Å². The molecule has 0 saturated carbocycles. The van der Waals surface area contributed by atoms with Crippen LogP contribution in [0.2, 0.25) is 0 Å². The first-order valence-corrected chi connectivity index (χ1v) is 4.13. The maximum absolute atomic E-state index is 9.68. The van der Waals surface area contributed by atoms with E-state index in [0.717, 1.165) is 0 Å². The molecule has 0 spiro atoms. The van der Waals surface area contributed by atoms with Gasteiger partial charge in [-0.1, -0.05) is 0 Å². The zero-order chi connectivity index (χ0) is 8.93. The Morgan fingerprint density at radius 3 is 2.75 bits per heavy atom. The van der Waals surface area contributed by atoms with Crippen molar-refractivity contribution < 1.29 is 19.3 Å². The first kappa shape index (κ1) is 8.44. The number of fused-ring (bicyclic) bond motifs is 1. The summed E-state index contributed by atoms with van der Waals surface area (Å²) in [5.41, 5.74) is -0.446. The fourth-order valence-corrected chi connectivity index (χ4v) is 1.85. The maximum Gasteiger partial charge on any atom is 0.186 e. The minimum atomic E-state index is -0.677. The molecule has 0 bridgehead atoms. The summed E-state index contributed by atoms with van der Waals surface area (Å²) in [6, 6.07) is 0. The van der Waals surface area contributed by atoms with Crippen LogP contribution in [-0.4, -0.2) is 42.4 Å². The Morgan fingerprint density at radius 1 is 1.50 bits per heavy atom. The third-order valence-electron chi connectivity index (χ3n) is 2.74. The predicted molar refractivity (Wildman–Crippen MR) is 40.6 cm³/mol. The number of epoxide rings is 1. The summed E-state index contributed by atoms with van der Waals surface area (Å²) >= 11 is 0. The lowest BCUT2D eigenvalue weighted by Crippen LogP contribution is -2.50. The zero-order valence-corrected chi connectivity index (χ0v) is 7.48. The molecule has 0 amide bonds. The summed E-state index contributed by atoms with van der Waals surface area (Å²) in [5, 5.41) is 9.68. The standard InChI is InChI=1S/C8H14O4/c1-4-6-8(2,12-6)5(9)7(10-3)11-4/h4-7,9H,1-3H3/t4-,5-,6-,7+,8+/m1/s1. The normalized spacial score (nSPS) is 58.0. The highest BCUT2D eigenvalue weighted by atomic mass is 16.7. The first-order chi connectivity index (χ1) is 5.59. The van der Waals surface area contributed by atoms with Gasteiger partial charge in [0.25, 0.3) is 0 Å². The summed E-state index contributed by atoms with van der Waals surface area (Å²) in [4.78, 5) is 0. The number of aliphatic hydroxyl groups is 1. The van der Waals surface area contributed by atoms with E-state index in [-0.39, 0.29) is 12.2 Å². The highest BCUT2D eigenvalue weighted by Crippen LogP contribution is 2.47. The first-order valence-electron chi connectivity index (χ1n) is 4.13. The second kappa shape index (κ2) is 2.42. The van der Waals surface area contributed by atoms with Crippen LogP contribution < -0.4 is 0 Å². The van der Waals surface area contributed by atoms with E-state index >= 15 is 0 Å². The molecule has 2 aliphatic rings. The van der Waals surface area contributed by atoms with E-state index in [9.17, 15) is 5.11 Å². The zero-order valence-electron chi connectivity index (χ0n) is 7.48. The molecule has 2 rings (SSSR count). The Morgan fingerprint density at radius 2 is 2.17 bits per heavy atom. The van der Waals surface area contributed by atoms with Crippen LogP contribution in [-0.2, 0) is 14.2 Å². The van der Waals surface area contributed by atoms with E-state index in [1.165, 1.54) is 7.11 Å². The third-order valence-corrected chi connectivity index (χ3v) is 2.74. The highest BCUT2D eigenvalue weighted by molar-refractivity contribution is 5.11. The number of hydrogen-bond acceptors (Lipinski definition) is 4. The maximum atomic E-state index is 9.68. The Balaban J connectivity index is 2.13. The smallest absolute Gasteiger partial charge is 0.186 e. The van der Waals surface area contributed by atoms with Gasteiger partial charge in [-0.2, -0.15) is 0 Å². The average Bonchev–Trinajstić information content (AvgIpc) is 2.73. The van der Waals surface area contributed by atoms with Gasteiger partial charge in [-0.15, -0.1) is 0 Å². The molecule has 70 valence electrons. The van der Waals surface area contributed by atoms with Gasteiger partial charge in [0, 0.05) is 7.11 Å². The average molecular weight is 174 g/mol. The van der Waals surface area contributed by atoms with Crippen molar-refractivity contribution in [3.63, 3.8) is 0 Å². The van der Waals surface area contributed by atoms with Crippen LogP contribution in [0, 0.1) is 0 Å². The van der Waals surface area contributed by atoms with Crippen LogP contribution in [0.1, 0.15) is 13.8 Å². The van der Waals surface area contributed by atoms with E-state index in [0.29, 0.717) is 0 Å². The lowest BCUT2D eigenvalue weighted by atomic mass is 9.94. The predicted octanol–water partition coefficient (Wildman–Crippen LogP) is -0.104. The molecule has 4 nitrogen and oxygen atoms in total. The fourth-order valence-electron chi connectivity index (χ4n) is 1.85. The summed E-state index contributed by atoms with van der Waals surface area (Å²) in [6.07, 6.45) is -1.20. The molecule has 2 fully saturated rings. The van der Waals surface area contributed by atoms with Crippen molar-refractivity contribution in [3.05, 3.63) is 0 Å². The molecule has 4 heteroatoms. The number of rotatable bonds is 1. The van der Waals surface area contributed by atoms with E-state index in [1.54, 1.807) is 0 Å². The molecule has 12 heavy (non-hydrogen) atoms. The molecule has 2 heterocycles. The monoisotopic (exact) mass is 174 g/mol. The molecule has 2 aliphatic heterocycles. The number of ether oxygens (including phenoxy) is 3. The van der Waals surface area contributed by atoms with Gasteiger partial charge in [-0.3, -0.25) is 0 Å². The van der Waals surface area contributed by atoms with E-state index in [4.69, 9.17) is 14.2 Å². The van der Waals surface area contributed by atoms with Crippen LogP contribution in [0.15, 0.2) is 0 Å². The van der Waals surface area contributed by atoms with Gasteiger partial charge in [0.1, 0.15) is 17.8 Å². The highest BCUT2D eigenvalue weighted by Gasteiger charge is 2.66. The van der Waals surface area contributed by atoms with Crippen molar-refractivity contribution in [2.24, 2.45) is 0 Å². The van der Waals surface area contributed by atoms with E-state index in [1.807, 2.05) is 13.8 Å². The third kappa shape index (κ3) is 0.925. The minimum absolute atomic E-state index is 0.00310. The van der Waals surface area contributed by atoms with Gasteiger partial charge in [0.05, 0.1) is 6.10 Å². The molecule has 2 saturated heterocycles. The van der Waals surface area contributed by atoms with Crippen molar-refractivity contribution in [2.75, 3.05) is 7.11 Å². The fraction of sp³-hybridized carbons (Fsp3) is 1.00. The van der Waals surface area contributed by atoms with E-state index in [2.05, 4.69) is 0 Å². The van der Waals surface area contributed by atoms with Crippen LogP contribution in [0.5, 0.6) is 0 Å². The molecule has 0 aliphatic carbocycles. The van der Waals surface area contributed by atoms with Crippen molar-refractivity contribution in [1.29, 1.82) is 0 Å². The molecule has 0 aromatic rings. The lowest BCUT2D eigenvalue weighted by Gasteiger charge is -2.31. The molecular weight excluding hydrogens is 160 g/mol. The second-order valence-electron chi connectivity index (χ2n) is 3.61. The summed E-state index contributed by atoms with van der Waals surface area (Å²) < 4.78 is 15.7. The number of aliphatic hydroxyl groups excluding tert-OH is 1. The summed E-state index contributed by atoms with van der Waals surface area (Å²) in [6.45, 7) is 3.81. The van der Waals surface area contributed by atoms with Crippen molar-refractivity contribution in [2.45, 2.75) is 44.1 Å². The minimum Gasteiger partial charge on any atom is -0.385 e. The Labute approximate surface area is 71.4 Å². The van der Waals surface area contributed by atoms with Gasteiger partial charge in [0.2, 0.25) is 0 Å². The van der Waals surface area contributed by atoms with Crippen molar-refractivity contribution in [3.8, 4) is 0 Å². The Hall–Kier alpha value is -0.160. The van der Waals surface area contributed by atoms with Crippen LogP contribution in [0.3, 0.4) is 0 Å². The van der Waals surface area contributed by atoms with Crippen molar-refractivity contribution in [1.82, 2.24) is 0 Å². The van der Waals surface area contributed by atoms with Gasteiger partial charge in [0.15, 0.2) is 6.29 Å². The Kier molecular flexibility index (Phi) is 1.70. The largest absolute Gasteiger partial charge is 0.385 e. The molecule has 0 aromatic carbocycles. The van der Waals surface area contributed by atoms with Crippen LogP contribution in [0.25, 0.3) is 0 Å². The molecule has 0 radical (unpaired) electrons. The quantitative estimate of drug-likeness (QED) is 0.564. The van der Waals surface area contributed by atoms with Crippen LogP contribution >= 0.6 is 0 Å². The molecular formula is C8H14O4.